The van der Waals surface area contributed by atoms with E-state index in [1.165, 1.54) is 11.1 Å². The molecule has 0 radical (unpaired) electrons. The summed E-state index contributed by atoms with van der Waals surface area (Å²) in [5.41, 5.74) is 2.53. The second kappa shape index (κ2) is 5.51. The molecule has 6 heteroatoms. The highest BCUT2D eigenvalue weighted by atomic mass is 16.2. The van der Waals surface area contributed by atoms with Crippen molar-refractivity contribution in [3.8, 4) is 0 Å². The lowest BCUT2D eigenvalue weighted by Crippen LogP contribution is -2.36. The predicted octanol–water partition coefficient (Wildman–Crippen LogP) is 1.98. The third kappa shape index (κ3) is 2.19. The van der Waals surface area contributed by atoms with Crippen LogP contribution in [0.4, 0.5) is 0 Å². The normalized spacial score (nSPS) is 24.3. The number of amides is 1. The summed E-state index contributed by atoms with van der Waals surface area (Å²) in [6.45, 7) is 0.788. The van der Waals surface area contributed by atoms with Gasteiger partial charge in [0, 0.05) is 6.54 Å². The molecule has 2 aromatic rings. The first-order chi connectivity index (χ1) is 10.8. The number of hydrogen-bond donors (Lipinski definition) is 1. The maximum Gasteiger partial charge on any atom is 0.230 e. The minimum atomic E-state index is -0.0275. The fourth-order valence-electron chi connectivity index (χ4n) is 3.82. The highest BCUT2D eigenvalue weighted by Gasteiger charge is 2.37. The van der Waals surface area contributed by atoms with Gasteiger partial charge in [-0.05, 0) is 43.2 Å². The summed E-state index contributed by atoms with van der Waals surface area (Å²) < 4.78 is 0. The lowest BCUT2D eigenvalue weighted by Gasteiger charge is -2.31. The second-order valence-corrected chi connectivity index (χ2v) is 6.10. The summed E-state index contributed by atoms with van der Waals surface area (Å²) in [6, 6.07) is 8.32. The monoisotopic (exact) mass is 297 g/mol. The predicted molar refractivity (Wildman–Crippen MR) is 80.0 cm³/mol. The van der Waals surface area contributed by atoms with Crippen LogP contribution in [0, 0.1) is 0 Å². The van der Waals surface area contributed by atoms with Crippen molar-refractivity contribution in [3.05, 3.63) is 41.2 Å². The summed E-state index contributed by atoms with van der Waals surface area (Å²) in [7, 11) is 0. The molecule has 0 saturated carbocycles. The van der Waals surface area contributed by atoms with Gasteiger partial charge in [0.15, 0.2) is 5.82 Å². The Morgan fingerprint density at radius 2 is 2.14 bits per heavy atom. The van der Waals surface area contributed by atoms with Crippen LogP contribution in [0.5, 0.6) is 0 Å². The van der Waals surface area contributed by atoms with E-state index in [0.717, 1.165) is 38.6 Å². The van der Waals surface area contributed by atoms with Crippen molar-refractivity contribution in [1.82, 2.24) is 25.5 Å². The van der Waals surface area contributed by atoms with Gasteiger partial charge in [-0.2, -0.15) is 5.21 Å². The summed E-state index contributed by atoms with van der Waals surface area (Å²) in [6.07, 6.45) is 5.01. The van der Waals surface area contributed by atoms with Gasteiger partial charge in [0.25, 0.3) is 0 Å². The molecule has 0 bridgehead atoms. The lowest BCUT2D eigenvalue weighted by atomic mass is 9.82. The molecule has 22 heavy (non-hydrogen) atoms. The Hall–Kier alpha value is -2.24. The number of benzene rings is 1. The van der Waals surface area contributed by atoms with Gasteiger partial charge < -0.3 is 4.90 Å². The number of aromatic nitrogens is 4. The molecule has 1 unspecified atom stereocenters. The number of tetrazole rings is 1. The smallest absolute Gasteiger partial charge is 0.230 e. The first-order valence-corrected chi connectivity index (χ1v) is 7.96. The fraction of sp³-hybridized carbons (Fsp3) is 0.500. The summed E-state index contributed by atoms with van der Waals surface area (Å²) in [5, 5.41) is 14.3. The number of nitrogens with zero attached hydrogens (tertiary/aromatic N) is 4. The zero-order chi connectivity index (χ0) is 14.9. The van der Waals surface area contributed by atoms with E-state index >= 15 is 0 Å². The molecule has 114 valence electrons. The van der Waals surface area contributed by atoms with E-state index in [0.29, 0.717) is 5.82 Å². The van der Waals surface area contributed by atoms with Crippen LogP contribution < -0.4 is 0 Å². The highest BCUT2D eigenvalue weighted by Crippen LogP contribution is 2.37. The Bertz CT molecular complexity index is 669. The quantitative estimate of drug-likeness (QED) is 0.919. The Kier molecular flexibility index (Phi) is 3.36. The van der Waals surface area contributed by atoms with Gasteiger partial charge in [-0.1, -0.05) is 29.5 Å². The number of aromatic amines is 1. The van der Waals surface area contributed by atoms with E-state index in [4.69, 9.17) is 0 Å². The zero-order valence-electron chi connectivity index (χ0n) is 12.4. The Morgan fingerprint density at radius 3 is 3.00 bits per heavy atom. The summed E-state index contributed by atoms with van der Waals surface area (Å²) >= 11 is 0. The van der Waals surface area contributed by atoms with Crippen LogP contribution in [-0.2, 0) is 11.2 Å². The maximum absolute atomic E-state index is 13.1. The second-order valence-electron chi connectivity index (χ2n) is 6.10. The van der Waals surface area contributed by atoms with Gasteiger partial charge in [-0.3, -0.25) is 4.79 Å². The van der Waals surface area contributed by atoms with Crippen molar-refractivity contribution in [2.75, 3.05) is 6.54 Å². The number of aryl methyl sites for hydroxylation is 1. The maximum atomic E-state index is 13.1. The highest BCUT2D eigenvalue weighted by molar-refractivity contribution is 5.85. The van der Waals surface area contributed by atoms with E-state index in [-0.39, 0.29) is 17.9 Å². The number of H-pyrrole nitrogens is 1. The van der Waals surface area contributed by atoms with E-state index in [2.05, 4.69) is 38.8 Å². The Labute approximate surface area is 128 Å². The largest absolute Gasteiger partial charge is 0.332 e. The minimum Gasteiger partial charge on any atom is -0.332 e. The van der Waals surface area contributed by atoms with E-state index in [1.54, 1.807) is 0 Å². The van der Waals surface area contributed by atoms with Gasteiger partial charge in [-0.15, -0.1) is 10.2 Å². The van der Waals surface area contributed by atoms with Crippen LogP contribution in [0.1, 0.15) is 54.6 Å². The molecule has 4 rings (SSSR count). The molecule has 2 heterocycles. The van der Waals surface area contributed by atoms with Crippen LogP contribution >= 0.6 is 0 Å². The van der Waals surface area contributed by atoms with Gasteiger partial charge in [0.05, 0.1) is 12.0 Å². The van der Waals surface area contributed by atoms with E-state index in [9.17, 15) is 4.79 Å². The van der Waals surface area contributed by atoms with Gasteiger partial charge in [0.2, 0.25) is 5.91 Å². The molecule has 1 aliphatic carbocycles. The number of rotatable bonds is 2. The summed E-state index contributed by atoms with van der Waals surface area (Å²) in [5.74, 6) is 0.840. The number of carbonyl (C=O) groups excluding carboxylic acids is 1. The van der Waals surface area contributed by atoms with Gasteiger partial charge in [-0.25, -0.2) is 0 Å². The molecule has 6 nitrogen and oxygen atoms in total. The molecule has 1 aromatic carbocycles. The van der Waals surface area contributed by atoms with Crippen LogP contribution in [0.25, 0.3) is 0 Å². The molecular formula is C16H19N5O. The SMILES string of the molecule is O=C(C1CCCc2ccccc21)N1CCC[C@@H]1c1nn[nH]n1. The first kappa shape index (κ1) is 13.4. The molecule has 1 saturated heterocycles. The van der Waals surface area contributed by atoms with Crippen molar-refractivity contribution in [2.24, 2.45) is 0 Å². The fourth-order valence-corrected chi connectivity index (χ4v) is 3.82. The third-order valence-corrected chi connectivity index (χ3v) is 4.86. The van der Waals surface area contributed by atoms with Gasteiger partial charge in [0.1, 0.15) is 0 Å². The Morgan fingerprint density at radius 1 is 1.23 bits per heavy atom. The number of fused-ring (bicyclic) bond motifs is 1. The molecule has 2 atom stereocenters. The van der Waals surface area contributed by atoms with Crippen LogP contribution in [-0.4, -0.2) is 38.0 Å². The molecule has 0 spiro atoms. The van der Waals surface area contributed by atoms with Crippen molar-refractivity contribution >= 4 is 5.91 Å². The topological polar surface area (TPSA) is 74.8 Å². The number of carbonyl (C=O) groups is 1. The van der Waals surface area contributed by atoms with E-state index in [1.807, 2.05) is 11.0 Å². The number of likely N-dealkylation sites (tertiary alicyclic amines) is 1. The molecule has 1 N–H and O–H groups in total. The standard InChI is InChI=1S/C16H19N5O/c22-16(13-8-3-6-11-5-1-2-7-12(11)13)21-10-4-9-14(21)15-17-19-20-18-15/h1-2,5,7,13-14H,3-4,6,8-10H2,(H,17,18,19,20)/t13?,14-/m1/s1. The molecular weight excluding hydrogens is 278 g/mol. The molecule has 1 fully saturated rings. The van der Waals surface area contributed by atoms with Crippen molar-refractivity contribution in [2.45, 2.75) is 44.1 Å². The first-order valence-electron chi connectivity index (χ1n) is 7.96. The lowest BCUT2D eigenvalue weighted by molar-refractivity contribution is -0.134. The van der Waals surface area contributed by atoms with Crippen molar-refractivity contribution in [3.63, 3.8) is 0 Å². The number of nitrogens with one attached hydrogen (secondary N) is 1. The molecule has 1 amide bonds. The average Bonchev–Trinajstić information content (AvgIpc) is 3.24. The van der Waals surface area contributed by atoms with E-state index < -0.39 is 0 Å². The third-order valence-electron chi connectivity index (χ3n) is 4.86. The average molecular weight is 297 g/mol. The molecule has 2 aliphatic rings. The minimum absolute atomic E-state index is 0.0162. The molecule has 1 aliphatic heterocycles. The molecule has 1 aromatic heterocycles. The Balaban J connectivity index is 1.62. The van der Waals surface area contributed by atoms with Crippen LogP contribution in [0.3, 0.4) is 0 Å². The van der Waals surface area contributed by atoms with Crippen molar-refractivity contribution in [1.29, 1.82) is 0 Å². The number of hydrogen-bond acceptors (Lipinski definition) is 4. The van der Waals surface area contributed by atoms with Crippen LogP contribution in [0.15, 0.2) is 24.3 Å². The van der Waals surface area contributed by atoms with Crippen molar-refractivity contribution < 1.29 is 4.79 Å². The zero-order valence-corrected chi connectivity index (χ0v) is 12.4. The van der Waals surface area contributed by atoms with Gasteiger partial charge >= 0.3 is 0 Å². The summed E-state index contributed by atoms with van der Waals surface area (Å²) in [4.78, 5) is 15.1. The van der Waals surface area contributed by atoms with Crippen LogP contribution in [0.2, 0.25) is 0 Å².